The van der Waals surface area contributed by atoms with Crippen LogP contribution in [0.1, 0.15) is 110 Å². The Kier molecular flexibility index (Phi) is 34.3. The fourth-order valence-corrected chi connectivity index (χ4v) is 10.3. The summed E-state index contributed by atoms with van der Waals surface area (Å²) >= 11 is 0. The van der Waals surface area contributed by atoms with Gasteiger partial charge in [-0.25, -0.2) is 19.4 Å². The SMILES string of the molecule is C/C=C/C1=C(C(=O)OC)O[C@@H]([C@H](OC(C)=O)[C@@H](COC(C)=O)OC(C)=O)[C@H](C)[C@H]1N=[N+]=[N-].C=CCC1=C(C(=O)OC)O[C@@H]([C@H](OC(C)=O)[C@@H](COC(C)=O)OC(C)=O)[C@@H]2N=C(C)O[C@H]12.C=CCC1=C(C(=O)OC)O[C@@H]([C@H](OC(C)=O)[C@@H](COC(C)=O)OC(C)=O)[C@H](C)[C@H]1OC(C)=O. The van der Waals surface area contributed by atoms with Crippen molar-refractivity contribution in [1.29, 1.82) is 0 Å². The van der Waals surface area contributed by atoms with Crippen molar-refractivity contribution in [1.82, 2.24) is 0 Å². The van der Waals surface area contributed by atoms with E-state index in [1.807, 2.05) is 0 Å². The molecule has 0 aromatic rings. The highest BCUT2D eigenvalue weighted by Crippen LogP contribution is 2.41. The van der Waals surface area contributed by atoms with Gasteiger partial charge in [0.15, 0.2) is 54.7 Å². The fourth-order valence-electron chi connectivity index (χ4n) is 10.3. The third-order valence-electron chi connectivity index (χ3n) is 13.8. The van der Waals surface area contributed by atoms with Crippen LogP contribution < -0.4 is 0 Å². The van der Waals surface area contributed by atoms with Gasteiger partial charge in [-0.15, -0.1) is 13.2 Å². The molecule has 0 aromatic heterocycles. The fraction of sp³-hybridized carbons (Fsp3) is 0.587. The number of hydrogen-bond donors (Lipinski definition) is 0. The highest BCUT2D eigenvalue weighted by molar-refractivity contribution is 5.89. The van der Waals surface area contributed by atoms with Crippen molar-refractivity contribution in [2.45, 2.75) is 189 Å². The summed E-state index contributed by atoms with van der Waals surface area (Å²) in [7, 11) is 3.48. The molecule has 4 rings (SSSR count). The van der Waals surface area contributed by atoms with E-state index in [-0.39, 0.29) is 35.7 Å². The Morgan fingerprint density at radius 1 is 0.515 bits per heavy atom. The molecule has 536 valence electrons. The van der Waals surface area contributed by atoms with E-state index < -0.39 is 188 Å². The van der Waals surface area contributed by atoms with E-state index in [4.69, 9.17) is 86.1 Å². The van der Waals surface area contributed by atoms with Gasteiger partial charge in [-0.05, 0) is 25.3 Å². The molecule has 34 heteroatoms. The molecule has 0 bridgehead atoms. The van der Waals surface area contributed by atoms with Crippen molar-refractivity contribution in [3.8, 4) is 0 Å². The van der Waals surface area contributed by atoms with E-state index in [2.05, 4.69) is 28.2 Å². The van der Waals surface area contributed by atoms with Gasteiger partial charge in [0.05, 0.1) is 27.4 Å². The Balaban J connectivity index is 0.000000495. The molecule has 0 unspecified atom stereocenters. The molecule has 4 heterocycles. The maximum absolute atomic E-state index is 12.5. The van der Waals surface area contributed by atoms with E-state index in [0.29, 0.717) is 17.0 Å². The second kappa shape index (κ2) is 40.2. The van der Waals surface area contributed by atoms with Gasteiger partial charge in [0.25, 0.3) is 0 Å². The minimum absolute atomic E-state index is 0.137. The first kappa shape index (κ1) is 82.8. The molecular weight excluding hydrogens is 1290 g/mol. The number of methoxy groups -OCH3 is 3. The lowest BCUT2D eigenvalue weighted by molar-refractivity contribution is -0.195. The summed E-state index contributed by atoms with van der Waals surface area (Å²) in [5, 5.41) is 3.79. The molecule has 4 aliphatic rings. The minimum Gasteiger partial charge on any atom is -0.479 e. The van der Waals surface area contributed by atoms with Gasteiger partial charge < -0.3 is 80.5 Å². The molecule has 0 amide bonds. The number of aliphatic imine (C=N–C) groups is 1. The Morgan fingerprint density at radius 3 is 1.24 bits per heavy atom. The number of carbonyl (C=O) groups excluding carboxylic acids is 13. The van der Waals surface area contributed by atoms with Crippen LogP contribution in [0, 0.1) is 11.8 Å². The van der Waals surface area contributed by atoms with Crippen molar-refractivity contribution in [2.24, 2.45) is 21.9 Å². The van der Waals surface area contributed by atoms with Crippen LogP contribution in [0.5, 0.6) is 0 Å². The minimum atomic E-state index is -1.33. The highest BCUT2D eigenvalue weighted by Gasteiger charge is 2.54. The van der Waals surface area contributed by atoms with Crippen LogP contribution in [0.2, 0.25) is 0 Å². The molecule has 0 saturated heterocycles. The van der Waals surface area contributed by atoms with Crippen molar-refractivity contribution in [3.05, 3.63) is 81.9 Å². The van der Waals surface area contributed by atoms with Crippen molar-refractivity contribution in [2.75, 3.05) is 41.2 Å². The monoisotopic (exact) mass is 1380 g/mol. The molecule has 0 N–H and O–H groups in total. The number of carbonyl (C=O) groups is 13. The van der Waals surface area contributed by atoms with Crippen LogP contribution in [0.15, 0.2) is 81.6 Å². The smallest absolute Gasteiger partial charge is 0.373 e. The lowest BCUT2D eigenvalue weighted by Gasteiger charge is -2.42. The highest BCUT2D eigenvalue weighted by atomic mass is 16.7. The second-order valence-corrected chi connectivity index (χ2v) is 21.3. The van der Waals surface area contributed by atoms with Crippen LogP contribution in [0.25, 0.3) is 10.4 Å². The zero-order chi connectivity index (χ0) is 73.7. The molecule has 0 aliphatic carbocycles. The summed E-state index contributed by atoms with van der Waals surface area (Å²) in [6.45, 7) is 24.2. The molecule has 0 aromatic carbocycles. The largest absolute Gasteiger partial charge is 0.479 e. The van der Waals surface area contributed by atoms with Crippen LogP contribution in [0.3, 0.4) is 0 Å². The molecule has 97 heavy (non-hydrogen) atoms. The quantitative estimate of drug-likeness (QED) is 0.0259. The van der Waals surface area contributed by atoms with Crippen LogP contribution >= 0.6 is 0 Å². The molecule has 0 saturated carbocycles. The van der Waals surface area contributed by atoms with Gasteiger partial charge in [0, 0.05) is 110 Å². The van der Waals surface area contributed by atoms with Crippen molar-refractivity contribution < 1.29 is 143 Å². The van der Waals surface area contributed by atoms with Gasteiger partial charge >= 0.3 is 77.6 Å². The maximum Gasteiger partial charge on any atom is 0.373 e. The number of ether oxygens (including phenoxy) is 17. The Labute approximate surface area is 558 Å². The van der Waals surface area contributed by atoms with Gasteiger partial charge in [-0.3, -0.25) is 47.9 Å². The predicted molar refractivity (Wildman–Crippen MR) is 328 cm³/mol. The Hall–Kier alpha value is -10.3. The van der Waals surface area contributed by atoms with E-state index >= 15 is 0 Å². The topological polar surface area (TPSA) is 440 Å². The van der Waals surface area contributed by atoms with Gasteiger partial charge in [0.1, 0.15) is 44.2 Å². The number of nitrogens with zero attached hydrogens (tertiary/aromatic N) is 4. The summed E-state index contributed by atoms with van der Waals surface area (Å²) in [6.07, 6.45) is -6.18. The summed E-state index contributed by atoms with van der Waals surface area (Å²) < 4.78 is 90.4. The number of esters is 13. The Bertz CT molecular complexity index is 3160. The maximum atomic E-state index is 12.5. The number of hydrogen-bond acceptors (Lipinski definition) is 32. The molecule has 0 fully saturated rings. The van der Waals surface area contributed by atoms with Crippen LogP contribution in [-0.4, -0.2) is 204 Å². The summed E-state index contributed by atoms with van der Waals surface area (Å²) in [4.78, 5) is 161. The lowest BCUT2D eigenvalue weighted by Crippen LogP contribution is -2.55. The molecular formula is C63H84N4O30. The lowest BCUT2D eigenvalue weighted by atomic mass is 9.83. The predicted octanol–water partition coefficient (Wildman–Crippen LogP) is 4.51. The number of azide groups is 1. The van der Waals surface area contributed by atoms with E-state index in [0.717, 1.165) is 69.6 Å². The van der Waals surface area contributed by atoms with E-state index in [1.165, 1.54) is 27.0 Å². The standard InChI is InChI=1S/C22H30O11.C21H27NO10.C20H27N3O9/c1-8-9-16-18(31-14(5)25)11(2)19(33-20(16)22(27)28-7)21(32-15(6)26)17(30-13(4)24)10-29-12(3)23;1-7-8-14-17-16(22-10(2)29-17)20(32-18(14)21(26)27-6)19(31-13(5)25)15(30-12(4)24)9-28-11(3)23;1-7-8-14-16(22-23-21)10(2)17(32-18(14)20(27)28-6)19(31-13(5)26)15(30-12(4)25)9-29-11(3)24/h8,11,17-19,21H,1,9-10H2,2-7H3;7,15-17,19-20H,1,8-9H2,2-6H3;7-8,10,15-17,19H,9H2,1-6H3/b;;8-7+/t11-,17-,18-,19-,21-;15-,16-,17-,19-,20-;10-,15-,16-,17-,19-/m111/s1. The first-order valence-corrected chi connectivity index (χ1v) is 29.7. The average Bonchev–Trinajstić information content (AvgIpc) is 1.76. The van der Waals surface area contributed by atoms with Crippen molar-refractivity contribution >= 4 is 83.5 Å². The van der Waals surface area contributed by atoms with Gasteiger partial charge in [-0.2, -0.15) is 0 Å². The van der Waals surface area contributed by atoms with Gasteiger partial charge in [0.2, 0.25) is 17.3 Å². The molecule has 0 spiro atoms. The average molecular weight is 1380 g/mol. The number of allylic oxidation sites excluding steroid dienone is 3. The first-order valence-electron chi connectivity index (χ1n) is 29.7. The number of fused-ring (bicyclic) bond motifs is 1. The second-order valence-electron chi connectivity index (χ2n) is 21.3. The normalized spacial score (nSPS) is 22.4. The molecule has 4 aliphatic heterocycles. The third-order valence-corrected chi connectivity index (χ3v) is 13.8. The molecule has 0 radical (unpaired) electrons. The van der Waals surface area contributed by atoms with Crippen LogP contribution in [-0.2, 0) is 143 Å². The summed E-state index contributed by atoms with van der Waals surface area (Å²) in [5.74, 6) is -11.1. The zero-order valence-electron chi connectivity index (χ0n) is 57.0. The number of rotatable bonds is 28. The summed E-state index contributed by atoms with van der Waals surface area (Å²) in [5.41, 5.74) is 10.1. The van der Waals surface area contributed by atoms with Gasteiger partial charge in [-0.1, -0.05) is 43.3 Å². The molecule has 15 atom stereocenters. The summed E-state index contributed by atoms with van der Waals surface area (Å²) in [6, 6.07) is -1.66. The van der Waals surface area contributed by atoms with Crippen molar-refractivity contribution in [3.63, 3.8) is 0 Å². The third kappa shape index (κ3) is 25.1. The Morgan fingerprint density at radius 2 is 0.876 bits per heavy atom. The molecule has 34 nitrogen and oxygen atoms in total. The zero-order valence-corrected chi connectivity index (χ0v) is 57.0. The van der Waals surface area contributed by atoms with E-state index in [9.17, 15) is 62.3 Å². The first-order chi connectivity index (χ1) is 45.6. The van der Waals surface area contributed by atoms with E-state index in [1.54, 1.807) is 45.9 Å². The van der Waals surface area contributed by atoms with Crippen LogP contribution in [0.4, 0.5) is 0 Å².